The normalized spacial score (nSPS) is 13.0. The van der Waals surface area contributed by atoms with Gasteiger partial charge in [0.2, 0.25) is 0 Å². The molecule has 26 heavy (non-hydrogen) atoms. The Bertz CT molecular complexity index is 664. The molecule has 0 aromatic heterocycles. The molecule has 2 aromatic carbocycles. The van der Waals surface area contributed by atoms with Crippen LogP contribution in [0.15, 0.2) is 54.6 Å². The summed E-state index contributed by atoms with van der Waals surface area (Å²) >= 11 is 0. The Morgan fingerprint density at radius 2 is 1.73 bits per heavy atom. The molecule has 0 radical (unpaired) electrons. The van der Waals surface area contributed by atoms with E-state index in [1.54, 1.807) is 19.2 Å². The Labute approximate surface area is 156 Å². The fraction of sp³-hybridized carbons (Fsp3) is 0.409. The Morgan fingerprint density at radius 1 is 1.04 bits per heavy atom. The molecule has 0 spiro atoms. The number of benzene rings is 2. The second kappa shape index (κ2) is 9.97. The number of rotatable bonds is 10. The zero-order valence-electron chi connectivity index (χ0n) is 16.0. The number of hydrogen-bond acceptors (Lipinski definition) is 3. The van der Waals surface area contributed by atoms with Gasteiger partial charge in [-0.1, -0.05) is 50.6 Å². The highest BCUT2D eigenvalue weighted by atomic mass is 16.5. The first-order chi connectivity index (χ1) is 12.6. The third kappa shape index (κ3) is 5.09. The number of carbonyl (C=O) groups excluding carboxylic acids is 1. The van der Waals surface area contributed by atoms with E-state index in [0.717, 1.165) is 30.6 Å². The van der Waals surface area contributed by atoms with Crippen LogP contribution in [0.5, 0.6) is 5.75 Å². The second-order valence-electron chi connectivity index (χ2n) is 6.33. The van der Waals surface area contributed by atoms with Gasteiger partial charge in [0.15, 0.2) is 0 Å². The van der Waals surface area contributed by atoms with Crippen molar-refractivity contribution in [3.63, 3.8) is 0 Å². The Balaban J connectivity index is 2.00. The minimum Gasteiger partial charge on any atom is -0.494 e. The van der Waals surface area contributed by atoms with E-state index in [1.807, 2.05) is 42.5 Å². The van der Waals surface area contributed by atoms with Crippen molar-refractivity contribution in [1.82, 2.24) is 5.32 Å². The first kappa shape index (κ1) is 20.0. The lowest BCUT2D eigenvalue weighted by Gasteiger charge is -2.32. The number of ether oxygens (including phenoxy) is 2. The monoisotopic (exact) mass is 355 g/mol. The van der Waals surface area contributed by atoms with Gasteiger partial charge in [-0.25, -0.2) is 0 Å². The summed E-state index contributed by atoms with van der Waals surface area (Å²) in [5.74, 6) is 0.676. The SMILES string of the molecule is CCCCOc1ccc(C(=O)NCC(CC)(OC)c2ccccc2)cc1. The molecule has 4 heteroatoms. The summed E-state index contributed by atoms with van der Waals surface area (Å²) < 4.78 is 11.4. The maximum Gasteiger partial charge on any atom is 0.251 e. The summed E-state index contributed by atoms with van der Waals surface area (Å²) in [4.78, 5) is 12.5. The summed E-state index contributed by atoms with van der Waals surface area (Å²) in [5, 5.41) is 3.01. The molecule has 2 rings (SSSR count). The van der Waals surface area contributed by atoms with Crippen molar-refractivity contribution in [2.24, 2.45) is 0 Å². The zero-order valence-corrected chi connectivity index (χ0v) is 16.0. The molecule has 0 saturated carbocycles. The molecule has 0 aliphatic heterocycles. The summed E-state index contributed by atoms with van der Waals surface area (Å²) in [6.07, 6.45) is 2.89. The first-order valence-corrected chi connectivity index (χ1v) is 9.27. The molecule has 0 bridgehead atoms. The number of amides is 1. The van der Waals surface area contributed by atoms with E-state index < -0.39 is 5.60 Å². The summed E-state index contributed by atoms with van der Waals surface area (Å²) in [6.45, 7) is 5.30. The molecule has 1 unspecified atom stereocenters. The van der Waals surface area contributed by atoms with Gasteiger partial charge >= 0.3 is 0 Å². The maximum absolute atomic E-state index is 12.5. The van der Waals surface area contributed by atoms with Gasteiger partial charge < -0.3 is 14.8 Å². The zero-order chi connectivity index (χ0) is 18.8. The fourth-order valence-electron chi connectivity index (χ4n) is 2.87. The van der Waals surface area contributed by atoms with Crippen LogP contribution in [0.2, 0.25) is 0 Å². The molecule has 140 valence electrons. The number of nitrogens with one attached hydrogen (secondary N) is 1. The first-order valence-electron chi connectivity index (χ1n) is 9.27. The minimum atomic E-state index is -0.528. The smallest absolute Gasteiger partial charge is 0.251 e. The Hall–Kier alpha value is -2.33. The van der Waals surface area contributed by atoms with Crippen LogP contribution in [-0.4, -0.2) is 26.2 Å². The highest BCUT2D eigenvalue weighted by Crippen LogP contribution is 2.28. The van der Waals surface area contributed by atoms with Gasteiger partial charge in [-0.15, -0.1) is 0 Å². The topological polar surface area (TPSA) is 47.6 Å². The molecule has 1 atom stereocenters. The summed E-state index contributed by atoms with van der Waals surface area (Å²) in [7, 11) is 1.69. The Kier molecular flexibility index (Phi) is 7.67. The van der Waals surface area contributed by atoms with Crippen molar-refractivity contribution >= 4 is 5.91 Å². The van der Waals surface area contributed by atoms with E-state index in [1.165, 1.54) is 0 Å². The average Bonchev–Trinajstić information content (AvgIpc) is 2.70. The van der Waals surface area contributed by atoms with Crippen molar-refractivity contribution in [2.45, 2.75) is 38.7 Å². The molecule has 0 aliphatic rings. The van der Waals surface area contributed by atoms with E-state index >= 15 is 0 Å². The van der Waals surface area contributed by atoms with Crippen LogP contribution < -0.4 is 10.1 Å². The maximum atomic E-state index is 12.5. The summed E-state index contributed by atoms with van der Waals surface area (Å²) in [5.41, 5.74) is 1.15. The van der Waals surface area contributed by atoms with Gasteiger partial charge in [-0.2, -0.15) is 0 Å². The number of unbranched alkanes of at least 4 members (excludes halogenated alkanes) is 1. The second-order valence-corrected chi connectivity index (χ2v) is 6.33. The minimum absolute atomic E-state index is 0.115. The van der Waals surface area contributed by atoms with Gasteiger partial charge in [0, 0.05) is 12.7 Å². The molecule has 0 heterocycles. The van der Waals surface area contributed by atoms with Gasteiger partial charge in [-0.3, -0.25) is 4.79 Å². The van der Waals surface area contributed by atoms with E-state index in [0.29, 0.717) is 18.7 Å². The number of hydrogen-bond donors (Lipinski definition) is 1. The molecule has 0 aliphatic carbocycles. The molecule has 1 N–H and O–H groups in total. The lowest BCUT2D eigenvalue weighted by atomic mass is 9.90. The number of carbonyl (C=O) groups is 1. The third-order valence-corrected chi connectivity index (χ3v) is 4.68. The van der Waals surface area contributed by atoms with E-state index in [2.05, 4.69) is 19.2 Å². The lowest BCUT2D eigenvalue weighted by molar-refractivity contribution is -0.0164. The van der Waals surface area contributed by atoms with Crippen molar-refractivity contribution in [1.29, 1.82) is 0 Å². The number of methoxy groups -OCH3 is 1. The molecular formula is C22H29NO3. The molecule has 0 fully saturated rings. The Morgan fingerprint density at radius 3 is 2.31 bits per heavy atom. The van der Waals surface area contributed by atoms with Gasteiger partial charge in [-0.05, 0) is 42.7 Å². The highest BCUT2D eigenvalue weighted by molar-refractivity contribution is 5.94. The van der Waals surface area contributed by atoms with Crippen molar-refractivity contribution < 1.29 is 14.3 Å². The molecule has 4 nitrogen and oxygen atoms in total. The van der Waals surface area contributed by atoms with Gasteiger partial charge in [0.25, 0.3) is 5.91 Å². The van der Waals surface area contributed by atoms with Crippen LogP contribution in [0, 0.1) is 0 Å². The van der Waals surface area contributed by atoms with Gasteiger partial charge in [0.05, 0.1) is 13.2 Å². The van der Waals surface area contributed by atoms with E-state index in [-0.39, 0.29) is 5.91 Å². The highest BCUT2D eigenvalue weighted by Gasteiger charge is 2.30. The molecular weight excluding hydrogens is 326 g/mol. The quantitative estimate of drug-likeness (QED) is 0.636. The predicted molar refractivity (Wildman–Crippen MR) is 105 cm³/mol. The molecule has 0 saturated heterocycles. The van der Waals surface area contributed by atoms with Gasteiger partial charge in [0.1, 0.15) is 11.4 Å². The van der Waals surface area contributed by atoms with Crippen molar-refractivity contribution in [3.05, 3.63) is 65.7 Å². The molecule has 1 amide bonds. The van der Waals surface area contributed by atoms with E-state index in [9.17, 15) is 4.79 Å². The van der Waals surface area contributed by atoms with Crippen molar-refractivity contribution in [3.8, 4) is 5.75 Å². The van der Waals surface area contributed by atoms with Crippen LogP contribution in [-0.2, 0) is 10.3 Å². The van der Waals surface area contributed by atoms with Crippen LogP contribution in [0.25, 0.3) is 0 Å². The average molecular weight is 355 g/mol. The predicted octanol–water partition coefficient (Wildman–Crippen LogP) is 4.55. The van der Waals surface area contributed by atoms with Crippen LogP contribution >= 0.6 is 0 Å². The van der Waals surface area contributed by atoms with Crippen molar-refractivity contribution in [2.75, 3.05) is 20.3 Å². The third-order valence-electron chi connectivity index (χ3n) is 4.68. The van der Waals surface area contributed by atoms with Crippen LogP contribution in [0.3, 0.4) is 0 Å². The lowest BCUT2D eigenvalue weighted by Crippen LogP contribution is -2.41. The fourth-order valence-corrected chi connectivity index (χ4v) is 2.87. The standard InChI is InChI=1S/C22H29NO3/c1-4-6-16-26-20-14-12-18(13-15-20)21(24)23-17-22(5-2,25-3)19-10-8-7-9-11-19/h7-15H,4-6,16-17H2,1-3H3,(H,23,24). The largest absolute Gasteiger partial charge is 0.494 e. The van der Waals surface area contributed by atoms with Crippen LogP contribution in [0.4, 0.5) is 0 Å². The van der Waals surface area contributed by atoms with E-state index in [4.69, 9.17) is 9.47 Å². The molecule has 2 aromatic rings. The van der Waals surface area contributed by atoms with Crippen LogP contribution in [0.1, 0.15) is 49.0 Å². The summed E-state index contributed by atoms with van der Waals surface area (Å²) in [6, 6.07) is 17.3.